The molecule has 16 heavy (non-hydrogen) atoms. The van der Waals surface area contributed by atoms with Crippen molar-refractivity contribution >= 4 is 10.8 Å². The van der Waals surface area contributed by atoms with Gasteiger partial charge in [-0.05, 0) is 28.2 Å². The Hall–Kier alpha value is -1.34. The van der Waals surface area contributed by atoms with Crippen LogP contribution in [0.2, 0.25) is 0 Å². The Morgan fingerprint density at radius 2 is 1.69 bits per heavy atom. The average molecular weight is 214 g/mol. The van der Waals surface area contributed by atoms with E-state index in [1.807, 2.05) is 0 Å². The summed E-state index contributed by atoms with van der Waals surface area (Å²) in [4.78, 5) is 0. The maximum Gasteiger partial charge on any atom is 0.0485 e. The number of aliphatic hydroxyl groups excluding tert-OH is 1. The molecule has 0 aliphatic rings. The number of rotatable bonds is 3. The smallest absolute Gasteiger partial charge is 0.0485 e. The van der Waals surface area contributed by atoms with Crippen LogP contribution in [-0.2, 0) is 6.42 Å². The summed E-state index contributed by atoms with van der Waals surface area (Å²) in [6.07, 6.45) is 0.911. The van der Waals surface area contributed by atoms with Crippen molar-refractivity contribution in [2.24, 2.45) is 5.41 Å². The van der Waals surface area contributed by atoms with Crippen molar-refractivity contribution < 1.29 is 5.11 Å². The predicted octanol–water partition coefficient (Wildman–Crippen LogP) is 3.40. The fraction of sp³-hybridized carbons (Fsp3) is 0.333. The first-order chi connectivity index (χ1) is 7.61. The third-order valence-corrected chi connectivity index (χ3v) is 2.92. The molecular formula is C15H18O. The van der Waals surface area contributed by atoms with E-state index >= 15 is 0 Å². The van der Waals surface area contributed by atoms with E-state index in [1.165, 1.54) is 16.3 Å². The Balaban J connectivity index is 2.33. The molecule has 0 aliphatic carbocycles. The van der Waals surface area contributed by atoms with Gasteiger partial charge in [0.1, 0.15) is 0 Å². The van der Waals surface area contributed by atoms with Gasteiger partial charge in [0, 0.05) is 6.61 Å². The van der Waals surface area contributed by atoms with Crippen molar-refractivity contribution in [3.05, 3.63) is 48.0 Å². The van der Waals surface area contributed by atoms with Crippen LogP contribution in [0.1, 0.15) is 19.4 Å². The van der Waals surface area contributed by atoms with Gasteiger partial charge in [-0.15, -0.1) is 0 Å². The first-order valence-electron chi connectivity index (χ1n) is 5.69. The number of hydrogen-bond donors (Lipinski definition) is 1. The molecule has 0 atom stereocenters. The van der Waals surface area contributed by atoms with E-state index in [9.17, 15) is 5.11 Å². The van der Waals surface area contributed by atoms with Crippen molar-refractivity contribution in [3.8, 4) is 0 Å². The molecule has 0 amide bonds. The lowest BCUT2D eigenvalue weighted by Gasteiger charge is -2.21. The lowest BCUT2D eigenvalue weighted by molar-refractivity contribution is 0.159. The normalized spacial score (nSPS) is 11.9. The fourth-order valence-corrected chi connectivity index (χ4v) is 1.96. The zero-order chi connectivity index (χ0) is 11.6. The molecule has 0 bridgehead atoms. The molecule has 0 saturated carbocycles. The highest BCUT2D eigenvalue weighted by Crippen LogP contribution is 2.23. The van der Waals surface area contributed by atoms with Crippen LogP contribution in [0.5, 0.6) is 0 Å². The Labute approximate surface area is 96.7 Å². The molecule has 1 heteroatoms. The van der Waals surface area contributed by atoms with Gasteiger partial charge in [0.25, 0.3) is 0 Å². The summed E-state index contributed by atoms with van der Waals surface area (Å²) in [5.41, 5.74) is 1.25. The van der Waals surface area contributed by atoms with Crippen molar-refractivity contribution in [1.29, 1.82) is 0 Å². The molecule has 1 nitrogen and oxygen atoms in total. The molecule has 2 aromatic carbocycles. The van der Waals surface area contributed by atoms with E-state index in [0.29, 0.717) is 0 Å². The van der Waals surface area contributed by atoms with E-state index in [1.54, 1.807) is 0 Å². The van der Waals surface area contributed by atoms with E-state index in [-0.39, 0.29) is 12.0 Å². The van der Waals surface area contributed by atoms with Crippen molar-refractivity contribution in [1.82, 2.24) is 0 Å². The van der Waals surface area contributed by atoms with Gasteiger partial charge in [-0.25, -0.2) is 0 Å². The molecule has 2 rings (SSSR count). The summed E-state index contributed by atoms with van der Waals surface area (Å²) in [5, 5.41) is 11.8. The number of aliphatic hydroxyl groups is 1. The number of benzene rings is 2. The van der Waals surface area contributed by atoms with Gasteiger partial charge in [0.2, 0.25) is 0 Å². The van der Waals surface area contributed by atoms with Gasteiger partial charge >= 0.3 is 0 Å². The van der Waals surface area contributed by atoms with Gasteiger partial charge in [-0.1, -0.05) is 56.3 Å². The van der Waals surface area contributed by atoms with E-state index < -0.39 is 0 Å². The molecule has 0 aromatic heterocycles. The molecular weight excluding hydrogens is 196 g/mol. The predicted molar refractivity (Wildman–Crippen MR) is 68.5 cm³/mol. The van der Waals surface area contributed by atoms with Gasteiger partial charge < -0.3 is 5.11 Å². The Morgan fingerprint density at radius 1 is 1.00 bits per heavy atom. The van der Waals surface area contributed by atoms with Crippen molar-refractivity contribution in [3.63, 3.8) is 0 Å². The second-order valence-electron chi connectivity index (χ2n) is 5.18. The minimum Gasteiger partial charge on any atom is -0.396 e. The average Bonchev–Trinajstić information content (AvgIpc) is 2.28. The van der Waals surface area contributed by atoms with E-state index in [0.717, 1.165) is 6.42 Å². The first kappa shape index (κ1) is 11.2. The molecule has 0 aliphatic heterocycles. The third kappa shape index (κ3) is 2.42. The second-order valence-corrected chi connectivity index (χ2v) is 5.18. The standard InChI is InChI=1S/C15H18O/c1-15(2,11-16)10-12-7-8-13-5-3-4-6-14(13)9-12/h3-9,16H,10-11H2,1-2H3. The van der Waals surface area contributed by atoms with Crippen molar-refractivity contribution in [2.75, 3.05) is 6.61 Å². The Morgan fingerprint density at radius 3 is 2.38 bits per heavy atom. The summed E-state index contributed by atoms with van der Waals surface area (Å²) < 4.78 is 0. The quantitative estimate of drug-likeness (QED) is 0.830. The van der Waals surface area contributed by atoms with Crippen LogP contribution in [0, 0.1) is 5.41 Å². The summed E-state index contributed by atoms with van der Waals surface area (Å²) in [5.74, 6) is 0. The largest absolute Gasteiger partial charge is 0.396 e. The molecule has 2 aromatic rings. The highest BCUT2D eigenvalue weighted by molar-refractivity contribution is 5.82. The summed E-state index contributed by atoms with van der Waals surface area (Å²) in [6.45, 7) is 4.39. The van der Waals surface area contributed by atoms with Gasteiger partial charge in [0.15, 0.2) is 0 Å². The summed E-state index contributed by atoms with van der Waals surface area (Å²) in [6, 6.07) is 14.9. The maximum absolute atomic E-state index is 9.27. The molecule has 0 heterocycles. The molecule has 0 spiro atoms. The third-order valence-electron chi connectivity index (χ3n) is 2.92. The monoisotopic (exact) mass is 214 g/mol. The van der Waals surface area contributed by atoms with Crippen LogP contribution < -0.4 is 0 Å². The highest BCUT2D eigenvalue weighted by atomic mass is 16.3. The zero-order valence-electron chi connectivity index (χ0n) is 9.90. The lowest BCUT2D eigenvalue weighted by atomic mass is 9.86. The van der Waals surface area contributed by atoms with Crippen LogP contribution in [0.15, 0.2) is 42.5 Å². The Bertz CT molecular complexity index is 486. The molecule has 1 N–H and O–H groups in total. The van der Waals surface area contributed by atoms with Crippen LogP contribution >= 0.6 is 0 Å². The topological polar surface area (TPSA) is 20.2 Å². The highest BCUT2D eigenvalue weighted by Gasteiger charge is 2.16. The zero-order valence-corrected chi connectivity index (χ0v) is 9.90. The van der Waals surface area contributed by atoms with Gasteiger partial charge in [0.05, 0.1) is 0 Å². The Kier molecular flexibility index (Phi) is 2.97. The van der Waals surface area contributed by atoms with Crippen LogP contribution in [-0.4, -0.2) is 11.7 Å². The maximum atomic E-state index is 9.27. The van der Waals surface area contributed by atoms with Crippen LogP contribution in [0.25, 0.3) is 10.8 Å². The SMILES string of the molecule is CC(C)(CO)Cc1ccc2ccccc2c1. The summed E-state index contributed by atoms with van der Waals surface area (Å²) >= 11 is 0. The summed E-state index contributed by atoms with van der Waals surface area (Å²) in [7, 11) is 0. The van der Waals surface area contributed by atoms with Crippen LogP contribution in [0.3, 0.4) is 0 Å². The van der Waals surface area contributed by atoms with Crippen molar-refractivity contribution in [2.45, 2.75) is 20.3 Å². The number of fused-ring (bicyclic) bond motifs is 1. The minimum absolute atomic E-state index is 0.0392. The molecule has 84 valence electrons. The molecule has 0 unspecified atom stereocenters. The minimum atomic E-state index is -0.0392. The van der Waals surface area contributed by atoms with Gasteiger partial charge in [-0.3, -0.25) is 0 Å². The lowest BCUT2D eigenvalue weighted by Crippen LogP contribution is -2.19. The van der Waals surface area contributed by atoms with Gasteiger partial charge in [-0.2, -0.15) is 0 Å². The van der Waals surface area contributed by atoms with Crippen LogP contribution in [0.4, 0.5) is 0 Å². The van der Waals surface area contributed by atoms with E-state index in [2.05, 4.69) is 56.3 Å². The number of hydrogen-bond acceptors (Lipinski definition) is 1. The first-order valence-corrected chi connectivity index (χ1v) is 5.69. The molecule has 0 radical (unpaired) electrons. The molecule has 0 fully saturated rings. The second kappa shape index (κ2) is 4.26. The fourth-order valence-electron chi connectivity index (χ4n) is 1.96. The van der Waals surface area contributed by atoms with E-state index in [4.69, 9.17) is 0 Å². The molecule has 0 saturated heterocycles.